The van der Waals surface area contributed by atoms with Crippen LogP contribution in [-0.2, 0) is 11.2 Å². The van der Waals surface area contributed by atoms with E-state index in [0.29, 0.717) is 6.04 Å². The van der Waals surface area contributed by atoms with Crippen LogP contribution in [0.1, 0.15) is 25.1 Å². The van der Waals surface area contributed by atoms with Gasteiger partial charge in [0.25, 0.3) is 0 Å². The normalized spacial score (nSPS) is 13.3. The van der Waals surface area contributed by atoms with Gasteiger partial charge in [0, 0.05) is 44.1 Å². The first kappa shape index (κ1) is 16.9. The van der Waals surface area contributed by atoms with Crippen molar-refractivity contribution in [1.82, 2.24) is 10.3 Å². The van der Waals surface area contributed by atoms with Crippen molar-refractivity contribution in [3.05, 3.63) is 22.4 Å². The number of nitrogens with two attached hydrogens (primary N) is 1. The number of nitrogens with one attached hydrogen (secondary N) is 1. The lowest BCUT2D eigenvalue weighted by Crippen LogP contribution is -2.47. The standard InChI is InChI=1S/C14H26N4OS/c1-4-19-9-6-8-16-14(17-15)18(3)12(2)11-13-7-5-10-20-13/h5,7,10,12H,4,6,8-9,11,15H2,1-3H3,(H,16,17). The third kappa shape index (κ3) is 5.90. The quantitative estimate of drug-likeness (QED) is 0.253. The Morgan fingerprint density at radius 3 is 3.00 bits per heavy atom. The van der Waals surface area contributed by atoms with Crippen LogP contribution in [0.3, 0.4) is 0 Å². The molecule has 0 fully saturated rings. The van der Waals surface area contributed by atoms with Crippen molar-refractivity contribution in [3.8, 4) is 0 Å². The number of aliphatic imine (C=N–C) groups is 1. The van der Waals surface area contributed by atoms with Gasteiger partial charge in [0.1, 0.15) is 0 Å². The molecule has 1 aromatic rings. The molecule has 0 aliphatic heterocycles. The molecule has 5 nitrogen and oxygen atoms in total. The van der Waals surface area contributed by atoms with Crippen molar-refractivity contribution in [2.45, 2.75) is 32.7 Å². The van der Waals surface area contributed by atoms with Gasteiger partial charge in [-0.1, -0.05) is 6.07 Å². The predicted octanol–water partition coefficient (Wildman–Crippen LogP) is 1.86. The zero-order chi connectivity index (χ0) is 14.8. The summed E-state index contributed by atoms with van der Waals surface area (Å²) < 4.78 is 5.29. The predicted molar refractivity (Wildman–Crippen MR) is 86.0 cm³/mol. The number of hydrogen-bond acceptors (Lipinski definition) is 4. The Balaban J connectivity index is 2.43. The second kappa shape index (κ2) is 9.74. The minimum absolute atomic E-state index is 0.343. The fraction of sp³-hybridized carbons (Fsp3) is 0.643. The van der Waals surface area contributed by atoms with E-state index in [2.05, 4.69) is 39.8 Å². The Kier molecular flexibility index (Phi) is 8.25. The van der Waals surface area contributed by atoms with Crippen molar-refractivity contribution < 1.29 is 4.74 Å². The van der Waals surface area contributed by atoms with E-state index < -0.39 is 0 Å². The van der Waals surface area contributed by atoms with Crippen LogP contribution in [0.25, 0.3) is 0 Å². The molecule has 114 valence electrons. The second-order valence-corrected chi connectivity index (χ2v) is 5.68. The van der Waals surface area contributed by atoms with E-state index in [9.17, 15) is 0 Å². The number of ether oxygens (including phenoxy) is 1. The van der Waals surface area contributed by atoms with Gasteiger partial charge in [-0.25, -0.2) is 5.84 Å². The first-order valence-electron chi connectivity index (χ1n) is 7.03. The Morgan fingerprint density at radius 1 is 1.60 bits per heavy atom. The molecule has 1 atom stereocenters. The summed E-state index contributed by atoms with van der Waals surface area (Å²) in [5.74, 6) is 6.30. The molecule has 0 saturated heterocycles. The summed E-state index contributed by atoms with van der Waals surface area (Å²) in [5.41, 5.74) is 2.69. The van der Waals surface area contributed by atoms with Gasteiger partial charge in [-0.2, -0.15) is 0 Å². The Bertz CT molecular complexity index is 381. The van der Waals surface area contributed by atoms with Crippen LogP contribution < -0.4 is 11.3 Å². The highest BCUT2D eigenvalue weighted by atomic mass is 32.1. The zero-order valence-corrected chi connectivity index (χ0v) is 13.4. The Morgan fingerprint density at radius 2 is 2.40 bits per heavy atom. The van der Waals surface area contributed by atoms with Crippen LogP contribution in [0, 0.1) is 0 Å². The fourth-order valence-electron chi connectivity index (χ4n) is 1.82. The first-order valence-corrected chi connectivity index (χ1v) is 7.91. The molecule has 1 rings (SSSR count). The van der Waals surface area contributed by atoms with Gasteiger partial charge in [0.2, 0.25) is 5.96 Å². The molecule has 0 aromatic carbocycles. The van der Waals surface area contributed by atoms with E-state index in [-0.39, 0.29) is 0 Å². The highest BCUT2D eigenvalue weighted by molar-refractivity contribution is 7.09. The van der Waals surface area contributed by atoms with E-state index >= 15 is 0 Å². The van der Waals surface area contributed by atoms with Gasteiger partial charge in [0.15, 0.2) is 0 Å². The van der Waals surface area contributed by atoms with Crippen LogP contribution >= 0.6 is 11.3 Å². The number of thiophene rings is 1. The SMILES string of the molecule is CCOCCCN=C(NN)N(C)C(C)Cc1cccs1. The van der Waals surface area contributed by atoms with E-state index in [1.54, 1.807) is 11.3 Å². The summed E-state index contributed by atoms with van der Waals surface area (Å²) in [7, 11) is 2.01. The summed E-state index contributed by atoms with van der Waals surface area (Å²) in [4.78, 5) is 7.95. The number of rotatable bonds is 8. The fourth-order valence-corrected chi connectivity index (χ4v) is 2.65. The number of likely N-dealkylation sites (N-methyl/N-ethyl adjacent to an activating group) is 1. The minimum Gasteiger partial charge on any atom is -0.382 e. The zero-order valence-electron chi connectivity index (χ0n) is 12.6. The topological polar surface area (TPSA) is 62.9 Å². The van der Waals surface area contributed by atoms with Crippen LogP contribution in [-0.4, -0.2) is 43.7 Å². The van der Waals surface area contributed by atoms with Gasteiger partial charge in [0.05, 0.1) is 0 Å². The smallest absolute Gasteiger partial charge is 0.208 e. The molecule has 0 bridgehead atoms. The molecule has 0 amide bonds. The highest BCUT2D eigenvalue weighted by Crippen LogP contribution is 2.13. The summed E-state index contributed by atoms with van der Waals surface area (Å²) in [6, 6.07) is 4.58. The highest BCUT2D eigenvalue weighted by Gasteiger charge is 2.14. The van der Waals surface area contributed by atoms with Gasteiger partial charge >= 0.3 is 0 Å². The van der Waals surface area contributed by atoms with Crippen LogP contribution in [0.2, 0.25) is 0 Å². The largest absolute Gasteiger partial charge is 0.382 e. The van der Waals surface area contributed by atoms with E-state index in [1.165, 1.54) is 4.88 Å². The van der Waals surface area contributed by atoms with E-state index in [0.717, 1.165) is 38.6 Å². The molecule has 20 heavy (non-hydrogen) atoms. The summed E-state index contributed by atoms with van der Waals surface area (Å²) in [5, 5.41) is 2.10. The average molecular weight is 298 g/mol. The molecule has 0 aliphatic rings. The first-order chi connectivity index (χ1) is 9.69. The third-order valence-corrected chi connectivity index (χ3v) is 4.01. The van der Waals surface area contributed by atoms with Crippen molar-refractivity contribution in [1.29, 1.82) is 0 Å². The molecular formula is C14H26N4OS. The molecule has 0 saturated carbocycles. The van der Waals surface area contributed by atoms with Crippen LogP contribution in [0.15, 0.2) is 22.5 Å². The van der Waals surface area contributed by atoms with Crippen LogP contribution in [0.5, 0.6) is 0 Å². The number of hydrogen-bond donors (Lipinski definition) is 2. The molecular weight excluding hydrogens is 272 g/mol. The van der Waals surface area contributed by atoms with Gasteiger partial charge in [-0.05, 0) is 31.7 Å². The molecule has 1 aromatic heterocycles. The number of guanidine groups is 1. The lowest BCUT2D eigenvalue weighted by atomic mass is 10.2. The Hall–Kier alpha value is -1.11. The van der Waals surface area contributed by atoms with E-state index in [1.807, 2.05) is 14.0 Å². The lowest BCUT2D eigenvalue weighted by molar-refractivity contribution is 0.146. The van der Waals surface area contributed by atoms with Crippen molar-refractivity contribution in [2.24, 2.45) is 10.8 Å². The molecule has 0 aliphatic carbocycles. The molecule has 1 unspecified atom stereocenters. The second-order valence-electron chi connectivity index (χ2n) is 4.64. The average Bonchev–Trinajstić information content (AvgIpc) is 2.95. The summed E-state index contributed by atoms with van der Waals surface area (Å²) in [6.45, 7) is 6.38. The van der Waals surface area contributed by atoms with Gasteiger partial charge in [-0.15, -0.1) is 11.3 Å². The maximum atomic E-state index is 5.57. The molecule has 1 heterocycles. The summed E-state index contributed by atoms with van der Waals surface area (Å²) >= 11 is 1.78. The van der Waals surface area contributed by atoms with Crippen molar-refractivity contribution in [3.63, 3.8) is 0 Å². The summed E-state index contributed by atoms with van der Waals surface area (Å²) in [6.07, 6.45) is 1.90. The van der Waals surface area contributed by atoms with E-state index in [4.69, 9.17) is 10.6 Å². The van der Waals surface area contributed by atoms with Crippen molar-refractivity contribution >= 4 is 17.3 Å². The van der Waals surface area contributed by atoms with Gasteiger partial charge in [-0.3, -0.25) is 10.4 Å². The molecule has 0 spiro atoms. The van der Waals surface area contributed by atoms with Crippen molar-refractivity contribution in [2.75, 3.05) is 26.8 Å². The Labute approximate surface area is 125 Å². The van der Waals surface area contributed by atoms with Gasteiger partial charge < -0.3 is 9.64 Å². The minimum atomic E-state index is 0.343. The molecule has 3 N–H and O–H groups in total. The monoisotopic (exact) mass is 298 g/mol. The molecule has 6 heteroatoms. The maximum Gasteiger partial charge on any atom is 0.208 e. The molecule has 0 radical (unpaired) electrons. The van der Waals surface area contributed by atoms with Crippen LogP contribution in [0.4, 0.5) is 0 Å². The number of nitrogens with zero attached hydrogens (tertiary/aromatic N) is 2. The third-order valence-electron chi connectivity index (χ3n) is 3.11. The maximum absolute atomic E-state index is 5.57. The number of hydrazine groups is 1. The lowest BCUT2D eigenvalue weighted by Gasteiger charge is -2.27.